The second-order valence-electron chi connectivity index (χ2n) is 3.00. The van der Waals surface area contributed by atoms with E-state index in [4.69, 9.17) is 4.74 Å². The lowest BCUT2D eigenvalue weighted by Crippen LogP contribution is -2.38. The molecule has 3 nitrogen and oxygen atoms in total. The van der Waals surface area contributed by atoms with E-state index in [1.165, 1.54) is 0 Å². The first kappa shape index (κ1) is 10.1. The molecule has 3 heteroatoms. The fourth-order valence-corrected chi connectivity index (χ4v) is 1.28. The van der Waals surface area contributed by atoms with Crippen molar-refractivity contribution < 1.29 is 9.53 Å². The Morgan fingerprint density at radius 2 is 2.46 bits per heavy atom. The topological polar surface area (TPSA) is 38.3 Å². The first-order chi connectivity index (χ1) is 6.34. The molecule has 1 fully saturated rings. The SMILES string of the molecule is CC#CCNC(=O)C1CCCCO1. The molecule has 1 N–H and O–H groups in total. The van der Waals surface area contributed by atoms with Crippen molar-refractivity contribution in [2.75, 3.05) is 13.2 Å². The summed E-state index contributed by atoms with van der Waals surface area (Å²) >= 11 is 0. The van der Waals surface area contributed by atoms with Crippen molar-refractivity contribution >= 4 is 5.91 Å². The third-order valence-corrected chi connectivity index (χ3v) is 2.00. The Morgan fingerprint density at radius 3 is 3.08 bits per heavy atom. The molecule has 1 unspecified atom stereocenters. The number of carbonyl (C=O) groups is 1. The molecule has 0 saturated carbocycles. The summed E-state index contributed by atoms with van der Waals surface area (Å²) in [6, 6.07) is 0. The lowest BCUT2D eigenvalue weighted by Gasteiger charge is -2.20. The Bertz CT molecular complexity index is 221. The van der Waals surface area contributed by atoms with Crippen molar-refractivity contribution in [1.29, 1.82) is 0 Å². The van der Waals surface area contributed by atoms with Crippen LogP contribution in [0.1, 0.15) is 26.2 Å². The van der Waals surface area contributed by atoms with E-state index in [1.54, 1.807) is 6.92 Å². The van der Waals surface area contributed by atoms with Crippen LogP contribution in [0.5, 0.6) is 0 Å². The molecule has 0 aromatic carbocycles. The van der Waals surface area contributed by atoms with Crippen molar-refractivity contribution in [3.8, 4) is 11.8 Å². The molecule has 0 bridgehead atoms. The fourth-order valence-electron chi connectivity index (χ4n) is 1.28. The van der Waals surface area contributed by atoms with Gasteiger partial charge in [-0.25, -0.2) is 0 Å². The smallest absolute Gasteiger partial charge is 0.249 e. The predicted molar refractivity (Wildman–Crippen MR) is 50.1 cm³/mol. The molecule has 1 aliphatic rings. The average molecular weight is 181 g/mol. The summed E-state index contributed by atoms with van der Waals surface area (Å²) in [4.78, 5) is 11.4. The minimum Gasteiger partial charge on any atom is -0.368 e. The van der Waals surface area contributed by atoms with E-state index >= 15 is 0 Å². The summed E-state index contributed by atoms with van der Waals surface area (Å²) in [5.41, 5.74) is 0. The molecule has 0 spiro atoms. The summed E-state index contributed by atoms with van der Waals surface area (Å²) in [6.45, 7) is 2.88. The van der Waals surface area contributed by atoms with Gasteiger partial charge in [-0.2, -0.15) is 0 Å². The van der Waals surface area contributed by atoms with Gasteiger partial charge in [0.1, 0.15) is 6.10 Å². The van der Waals surface area contributed by atoms with E-state index in [0.717, 1.165) is 19.3 Å². The van der Waals surface area contributed by atoms with Gasteiger partial charge in [0.15, 0.2) is 0 Å². The van der Waals surface area contributed by atoms with Gasteiger partial charge in [0, 0.05) is 6.61 Å². The number of nitrogens with one attached hydrogen (secondary N) is 1. The van der Waals surface area contributed by atoms with Crippen LogP contribution in [-0.4, -0.2) is 25.2 Å². The standard InChI is InChI=1S/C10H15NO2/c1-2-3-7-11-10(12)9-6-4-5-8-13-9/h9H,4-8H2,1H3,(H,11,12). The first-order valence-corrected chi connectivity index (χ1v) is 4.63. The van der Waals surface area contributed by atoms with Gasteiger partial charge in [0.25, 0.3) is 0 Å². The van der Waals surface area contributed by atoms with Crippen LogP contribution >= 0.6 is 0 Å². The van der Waals surface area contributed by atoms with Crippen molar-refractivity contribution in [3.05, 3.63) is 0 Å². The molecule has 1 heterocycles. The normalized spacial score (nSPS) is 21.5. The quantitative estimate of drug-likeness (QED) is 0.637. The number of carbonyl (C=O) groups excluding carboxylic acids is 1. The Morgan fingerprint density at radius 1 is 1.62 bits per heavy atom. The van der Waals surface area contributed by atoms with Crippen LogP contribution in [0.25, 0.3) is 0 Å². The van der Waals surface area contributed by atoms with E-state index < -0.39 is 0 Å². The summed E-state index contributed by atoms with van der Waals surface area (Å²) < 4.78 is 5.31. The Hall–Kier alpha value is -1.01. The van der Waals surface area contributed by atoms with Crippen molar-refractivity contribution in [2.24, 2.45) is 0 Å². The summed E-state index contributed by atoms with van der Waals surface area (Å²) in [7, 11) is 0. The minimum absolute atomic E-state index is 0.0255. The molecular weight excluding hydrogens is 166 g/mol. The van der Waals surface area contributed by atoms with E-state index in [-0.39, 0.29) is 12.0 Å². The van der Waals surface area contributed by atoms with Crippen LogP contribution in [-0.2, 0) is 9.53 Å². The van der Waals surface area contributed by atoms with Crippen molar-refractivity contribution in [2.45, 2.75) is 32.3 Å². The van der Waals surface area contributed by atoms with Crippen LogP contribution < -0.4 is 5.32 Å². The maximum absolute atomic E-state index is 11.4. The molecule has 0 radical (unpaired) electrons. The van der Waals surface area contributed by atoms with Gasteiger partial charge in [-0.1, -0.05) is 5.92 Å². The molecule has 1 saturated heterocycles. The second-order valence-corrected chi connectivity index (χ2v) is 3.00. The fraction of sp³-hybridized carbons (Fsp3) is 0.700. The molecule has 0 aliphatic carbocycles. The van der Waals surface area contributed by atoms with Crippen LogP contribution in [0, 0.1) is 11.8 Å². The average Bonchev–Trinajstić information content (AvgIpc) is 2.19. The third-order valence-electron chi connectivity index (χ3n) is 2.00. The monoisotopic (exact) mass is 181 g/mol. The highest BCUT2D eigenvalue weighted by atomic mass is 16.5. The summed E-state index contributed by atoms with van der Waals surface area (Å²) in [5, 5.41) is 2.72. The van der Waals surface area contributed by atoms with Gasteiger partial charge in [-0.15, -0.1) is 5.92 Å². The number of rotatable bonds is 2. The van der Waals surface area contributed by atoms with Gasteiger partial charge in [0.05, 0.1) is 6.54 Å². The third kappa shape index (κ3) is 3.47. The zero-order chi connectivity index (χ0) is 9.52. The zero-order valence-electron chi connectivity index (χ0n) is 7.93. The van der Waals surface area contributed by atoms with Gasteiger partial charge < -0.3 is 10.1 Å². The number of amides is 1. The highest BCUT2D eigenvalue weighted by Gasteiger charge is 2.20. The Balaban J connectivity index is 2.23. The highest BCUT2D eigenvalue weighted by molar-refractivity contribution is 5.81. The molecule has 1 aliphatic heterocycles. The van der Waals surface area contributed by atoms with Gasteiger partial charge in [0.2, 0.25) is 5.91 Å². The Labute approximate surface area is 78.8 Å². The maximum atomic E-state index is 11.4. The molecular formula is C10H15NO2. The number of hydrogen-bond acceptors (Lipinski definition) is 2. The van der Waals surface area contributed by atoms with Gasteiger partial charge >= 0.3 is 0 Å². The molecule has 13 heavy (non-hydrogen) atoms. The number of hydrogen-bond donors (Lipinski definition) is 1. The van der Waals surface area contributed by atoms with Crippen molar-refractivity contribution in [1.82, 2.24) is 5.32 Å². The summed E-state index contributed by atoms with van der Waals surface area (Å²) in [6.07, 6.45) is 2.74. The van der Waals surface area contributed by atoms with Crippen LogP contribution in [0.4, 0.5) is 0 Å². The lowest BCUT2D eigenvalue weighted by atomic mass is 10.1. The van der Waals surface area contributed by atoms with E-state index in [1.807, 2.05) is 0 Å². The Kier molecular flexibility index (Phi) is 4.34. The molecule has 1 atom stereocenters. The maximum Gasteiger partial charge on any atom is 0.249 e. The zero-order valence-corrected chi connectivity index (χ0v) is 7.93. The number of ether oxygens (including phenoxy) is 1. The molecule has 72 valence electrons. The molecule has 0 aromatic rings. The first-order valence-electron chi connectivity index (χ1n) is 4.63. The van der Waals surface area contributed by atoms with E-state index in [0.29, 0.717) is 13.2 Å². The van der Waals surface area contributed by atoms with Gasteiger partial charge in [-0.3, -0.25) is 4.79 Å². The van der Waals surface area contributed by atoms with Crippen LogP contribution in [0.2, 0.25) is 0 Å². The lowest BCUT2D eigenvalue weighted by molar-refractivity contribution is -0.135. The second kappa shape index (κ2) is 5.60. The molecule has 1 amide bonds. The van der Waals surface area contributed by atoms with Gasteiger partial charge in [-0.05, 0) is 26.2 Å². The predicted octanol–water partition coefficient (Wildman–Crippen LogP) is 0.695. The largest absolute Gasteiger partial charge is 0.368 e. The molecule has 0 aromatic heterocycles. The van der Waals surface area contributed by atoms with Crippen LogP contribution in [0.3, 0.4) is 0 Å². The van der Waals surface area contributed by atoms with E-state index in [2.05, 4.69) is 17.2 Å². The molecule has 1 rings (SSSR count). The van der Waals surface area contributed by atoms with E-state index in [9.17, 15) is 4.79 Å². The summed E-state index contributed by atoms with van der Waals surface area (Å²) in [5.74, 6) is 5.48. The minimum atomic E-state index is -0.243. The van der Waals surface area contributed by atoms with Crippen LogP contribution in [0.15, 0.2) is 0 Å². The van der Waals surface area contributed by atoms with Crippen molar-refractivity contribution in [3.63, 3.8) is 0 Å². The highest BCUT2D eigenvalue weighted by Crippen LogP contribution is 2.12.